The summed E-state index contributed by atoms with van der Waals surface area (Å²) >= 11 is 0. The van der Waals surface area contributed by atoms with Crippen molar-refractivity contribution in [2.75, 3.05) is 26.9 Å². The molecule has 1 saturated heterocycles. The number of nitrogens with two attached hydrogens (primary N) is 1. The highest BCUT2D eigenvalue weighted by Gasteiger charge is 2.19. The van der Waals surface area contributed by atoms with Gasteiger partial charge in [0.05, 0.1) is 25.9 Å². The molecule has 1 heterocycles. The Kier molecular flexibility index (Phi) is 4.39. The average molecular weight is 263 g/mol. The summed E-state index contributed by atoms with van der Waals surface area (Å²) in [5, 5.41) is 7.60. The lowest BCUT2D eigenvalue weighted by Gasteiger charge is -2.33. The molecule has 1 unspecified atom stereocenters. The molecular weight excluding hydrogens is 242 g/mol. The zero-order chi connectivity index (χ0) is 13.8. The molecule has 0 aliphatic carbocycles. The van der Waals surface area contributed by atoms with Crippen LogP contribution in [0.4, 0.5) is 0 Å². The van der Waals surface area contributed by atoms with Gasteiger partial charge in [-0.15, -0.1) is 0 Å². The van der Waals surface area contributed by atoms with E-state index < -0.39 is 0 Å². The fourth-order valence-electron chi connectivity index (χ4n) is 2.29. The Morgan fingerprint density at radius 1 is 1.58 bits per heavy atom. The van der Waals surface area contributed by atoms with Gasteiger partial charge in [-0.25, -0.2) is 0 Å². The molecule has 0 amide bonds. The van der Waals surface area contributed by atoms with Crippen LogP contribution in [0.25, 0.3) is 0 Å². The molecule has 0 aromatic heterocycles. The van der Waals surface area contributed by atoms with Gasteiger partial charge in [0.1, 0.15) is 11.6 Å². The summed E-state index contributed by atoms with van der Waals surface area (Å²) in [6, 6.07) is 6.24. The minimum absolute atomic E-state index is 0.0359. The van der Waals surface area contributed by atoms with Crippen molar-refractivity contribution in [1.29, 1.82) is 5.41 Å². The topological polar surface area (TPSA) is 71.6 Å². The van der Waals surface area contributed by atoms with E-state index in [1.54, 1.807) is 7.11 Å². The second-order valence-electron chi connectivity index (χ2n) is 4.84. The third-order valence-corrected chi connectivity index (χ3v) is 3.44. The second kappa shape index (κ2) is 6.04. The average Bonchev–Trinajstić information content (AvgIpc) is 2.41. The molecule has 104 valence electrons. The van der Waals surface area contributed by atoms with Crippen molar-refractivity contribution < 1.29 is 9.47 Å². The number of ether oxygens (including phenoxy) is 2. The number of hydrogen-bond donors (Lipinski definition) is 2. The van der Waals surface area contributed by atoms with Crippen molar-refractivity contribution >= 4 is 5.84 Å². The molecule has 0 saturated carbocycles. The van der Waals surface area contributed by atoms with Gasteiger partial charge in [-0.3, -0.25) is 10.3 Å². The van der Waals surface area contributed by atoms with Gasteiger partial charge in [-0.2, -0.15) is 0 Å². The van der Waals surface area contributed by atoms with Gasteiger partial charge >= 0.3 is 0 Å². The van der Waals surface area contributed by atoms with E-state index in [1.165, 1.54) is 0 Å². The molecular formula is C14H21N3O2. The second-order valence-corrected chi connectivity index (χ2v) is 4.84. The Hall–Kier alpha value is -1.59. The van der Waals surface area contributed by atoms with E-state index in [1.807, 2.05) is 18.2 Å². The van der Waals surface area contributed by atoms with Gasteiger partial charge in [0.2, 0.25) is 0 Å². The number of hydrogen-bond acceptors (Lipinski definition) is 4. The quantitative estimate of drug-likeness (QED) is 0.632. The Morgan fingerprint density at radius 2 is 2.37 bits per heavy atom. The standard InChI is InChI=1S/C14H21N3O2/c1-10-9-19-6-5-17(10)8-11-3-4-13(18-2)12(7-11)14(15)16/h3-4,7,10H,5-6,8-9H2,1-2H3,(H3,15,16). The molecule has 5 heteroatoms. The maximum Gasteiger partial charge on any atom is 0.129 e. The van der Waals surface area contributed by atoms with Crippen LogP contribution < -0.4 is 10.5 Å². The van der Waals surface area contributed by atoms with Crippen LogP contribution in [0.1, 0.15) is 18.1 Å². The van der Waals surface area contributed by atoms with Crippen molar-refractivity contribution in [1.82, 2.24) is 4.90 Å². The van der Waals surface area contributed by atoms with Gasteiger partial charge < -0.3 is 15.2 Å². The summed E-state index contributed by atoms with van der Waals surface area (Å²) in [5.41, 5.74) is 7.38. The van der Waals surface area contributed by atoms with E-state index in [9.17, 15) is 0 Å². The summed E-state index contributed by atoms with van der Waals surface area (Å²) in [4.78, 5) is 2.37. The fourth-order valence-corrected chi connectivity index (χ4v) is 2.29. The predicted octanol–water partition coefficient (Wildman–Crippen LogP) is 1.20. The molecule has 1 aliphatic rings. The number of methoxy groups -OCH3 is 1. The molecule has 2 rings (SSSR count). The fraction of sp³-hybridized carbons (Fsp3) is 0.500. The maximum atomic E-state index is 7.60. The van der Waals surface area contributed by atoms with Crippen LogP contribution in [0.15, 0.2) is 18.2 Å². The molecule has 1 aromatic carbocycles. The van der Waals surface area contributed by atoms with Gasteiger partial charge in [-0.05, 0) is 24.6 Å². The van der Waals surface area contributed by atoms with Crippen molar-refractivity contribution in [3.63, 3.8) is 0 Å². The first-order valence-corrected chi connectivity index (χ1v) is 6.45. The number of morpholine rings is 1. The zero-order valence-corrected chi connectivity index (χ0v) is 11.5. The zero-order valence-electron chi connectivity index (χ0n) is 11.5. The first-order valence-electron chi connectivity index (χ1n) is 6.45. The molecule has 1 atom stereocenters. The van der Waals surface area contributed by atoms with Crippen molar-refractivity contribution in [3.8, 4) is 5.75 Å². The van der Waals surface area contributed by atoms with Gasteiger partial charge in [-0.1, -0.05) is 6.07 Å². The molecule has 1 fully saturated rings. The molecule has 0 radical (unpaired) electrons. The Morgan fingerprint density at radius 3 is 3.00 bits per heavy atom. The minimum Gasteiger partial charge on any atom is -0.496 e. The summed E-state index contributed by atoms with van der Waals surface area (Å²) in [6.45, 7) is 5.49. The van der Waals surface area contributed by atoms with E-state index in [4.69, 9.17) is 20.6 Å². The van der Waals surface area contributed by atoms with E-state index in [0.29, 0.717) is 17.4 Å². The minimum atomic E-state index is 0.0359. The Balaban J connectivity index is 2.16. The number of rotatable bonds is 4. The van der Waals surface area contributed by atoms with E-state index >= 15 is 0 Å². The predicted molar refractivity (Wildman–Crippen MR) is 74.7 cm³/mol. The molecule has 5 nitrogen and oxygen atoms in total. The van der Waals surface area contributed by atoms with Crippen molar-refractivity contribution in [2.45, 2.75) is 19.5 Å². The molecule has 0 spiro atoms. The van der Waals surface area contributed by atoms with Crippen LogP contribution in [0.3, 0.4) is 0 Å². The summed E-state index contributed by atoms with van der Waals surface area (Å²) < 4.78 is 10.7. The van der Waals surface area contributed by atoms with Crippen LogP contribution in [0, 0.1) is 5.41 Å². The van der Waals surface area contributed by atoms with Crippen LogP contribution in [0.5, 0.6) is 5.75 Å². The highest BCUT2D eigenvalue weighted by Crippen LogP contribution is 2.21. The van der Waals surface area contributed by atoms with Crippen LogP contribution in [-0.4, -0.2) is 43.6 Å². The van der Waals surface area contributed by atoms with Crippen LogP contribution >= 0.6 is 0 Å². The number of amidine groups is 1. The van der Waals surface area contributed by atoms with Crippen LogP contribution in [0.2, 0.25) is 0 Å². The molecule has 1 aromatic rings. The maximum absolute atomic E-state index is 7.60. The van der Waals surface area contributed by atoms with Crippen LogP contribution in [-0.2, 0) is 11.3 Å². The highest BCUT2D eigenvalue weighted by molar-refractivity contribution is 5.97. The van der Waals surface area contributed by atoms with E-state index in [0.717, 1.165) is 31.9 Å². The van der Waals surface area contributed by atoms with Crippen molar-refractivity contribution in [3.05, 3.63) is 29.3 Å². The monoisotopic (exact) mass is 263 g/mol. The van der Waals surface area contributed by atoms with Crippen molar-refractivity contribution in [2.24, 2.45) is 5.73 Å². The number of nitrogens with zero attached hydrogens (tertiary/aromatic N) is 1. The Bertz CT molecular complexity index is 462. The number of nitrogens with one attached hydrogen (secondary N) is 1. The summed E-state index contributed by atoms with van der Waals surface area (Å²) in [5.74, 6) is 0.681. The third-order valence-electron chi connectivity index (χ3n) is 3.44. The molecule has 19 heavy (non-hydrogen) atoms. The smallest absolute Gasteiger partial charge is 0.129 e. The number of benzene rings is 1. The lowest BCUT2D eigenvalue weighted by molar-refractivity contribution is -0.00437. The van der Waals surface area contributed by atoms with E-state index in [2.05, 4.69) is 11.8 Å². The summed E-state index contributed by atoms with van der Waals surface area (Å²) in [7, 11) is 1.59. The Labute approximate surface area is 113 Å². The summed E-state index contributed by atoms with van der Waals surface area (Å²) in [6.07, 6.45) is 0. The first-order chi connectivity index (χ1) is 9.11. The van der Waals surface area contributed by atoms with E-state index in [-0.39, 0.29) is 5.84 Å². The highest BCUT2D eigenvalue weighted by atomic mass is 16.5. The number of nitrogen functional groups attached to an aromatic ring is 1. The normalized spacial score (nSPS) is 20.2. The molecule has 1 aliphatic heterocycles. The first kappa shape index (κ1) is 13.8. The van der Waals surface area contributed by atoms with Gasteiger partial charge in [0.15, 0.2) is 0 Å². The lowest BCUT2D eigenvalue weighted by Crippen LogP contribution is -2.42. The molecule has 3 N–H and O–H groups in total. The van der Waals surface area contributed by atoms with Gasteiger partial charge in [0.25, 0.3) is 0 Å². The molecule has 0 bridgehead atoms. The SMILES string of the molecule is COc1ccc(CN2CCOCC2C)cc1C(=N)N. The largest absolute Gasteiger partial charge is 0.496 e. The lowest BCUT2D eigenvalue weighted by atomic mass is 10.1. The third kappa shape index (κ3) is 3.24. The van der Waals surface area contributed by atoms with Gasteiger partial charge in [0, 0.05) is 19.1 Å².